The molecule has 1 atom stereocenters. The molecule has 6 heteroatoms. The zero-order valence-corrected chi connectivity index (χ0v) is 17.0. The van der Waals surface area contributed by atoms with Gasteiger partial charge in [0.1, 0.15) is 0 Å². The minimum atomic E-state index is -1.39. The van der Waals surface area contributed by atoms with Crippen molar-refractivity contribution in [2.75, 3.05) is 11.9 Å². The first-order valence-corrected chi connectivity index (χ1v) is 9.54. The van der Waals surface area contributed by atoms with Crippen LogP contribution in [-0.2, 0) is 15.1 Å². The Kier molecular flexibility index (Phi) is 5.20. The molecule has 1 N–H and O–H groups in total. The van der Waals surface area contributed by atoms with Crippen molar-refractivity contribution in [3.63, 3.8) is 0 Å². The number of Topliss-reactive ketones (excluding diaryl/α,β-unsaturated/α-hetero) is 1. The van der Waals surface area contributed by atoms with Gasteiger partial charge in [-0.05, 0) is 18.2 Å². The molecule has 0 bridgehead atoms. The normalized spacial score (nSPS) is 18.6. The van der Waals surface area contributed by atoms with Crippen LogP contribution in [0.5, 0.6) is 0 Å². The van der Waals surface area contributed by atoms with Crippen LogP contribution in [0.2, 0.25) is 0 Å². The lowest BCUT2D eigenvalue weighted by Gasteiger charge is -2.30. The Morgan fingerprint density at radius 3 is 2.37 bits per heavy atom. The van der Waals surface area contributed by atoms with Gasteiger partial charge in [-0.25, -0.2) is 0 Å². The van der Waals surface area contributed by atoms with Crippen LogP contribution in [0.1, 0.15) is 36.2 Å². The number of hydrogen-bond acceptors (Lipinski definition) is 3. The van der Waals surface area contributed by atoms with E-state index < -0.39 is 5.54 Å². The molecular formula is C21H21BrN2O3. The largest absolute Gasteiger partial charge is 0.337 e. The zero-order valence-electron chi connectivity index (χ0n) is 15.5. The molecule has 27 heavy (non-hydrogen) atoms. The SMILES string of the molecule is CC(C)C(=O)NC1(CC(=O)c2ccc(Br)cc2)C(=O)N(C)c2ccccc21. The third-order valence-corrected chi connectivity index (χ3v) is 5.38. The molecule has 5 nitrogen and oxygen atoms in total. The van der Waals surface area contributed by atoms with Crippen LogP contribution >= 0.6 is 15.9 Å². The Hall–Kier alpha value is -2.47. The quantitative estimate of drug-likeness (QED) is 0.738. The molecule has 0 aliphatic carbocycles. The first-order valence-electron chi connectivity index (χ1n) is 8.74. The van der Waals surface area contributed by atoms with Crippen LogP contribution in [0, 0.1) is 5.92 Å². The summed E-state index contributed by atoms with van der Waals surface area (Å²) in [5.74, 6) is -1.08. The minimum Gasteiger partial charge on any atom is -0.337 e. The fourth-order valence-corrected chi connectivity index (χ4v) is 3.57. The maximum atomic E-state index is 13.2. The van der Waals surface area contributed by atoms with Gasteiger partial charge in [-0.1, -0.05) is 60.1 Å². The number of hydrogen-bond donors (Lipinski definition) is 1. The molecule has 0 fully saturated rings. The van der Waals surface area contributed by atoms with Crippen molar-refractivity contribution < 1.29 is 14.4 Å². The van der Waals surface area contributed by atoms with Crippen LogP contribution < -0.4 is 10.2 Å². The number of nitrogens with one attached hydrogen (secondary N) is 1. The number of fused-ring (bicyclic) bond motifs is 1. The second-order valence-corrected chi connectivity index (χ2v) is 7.95. The van der Waals surface area contributed by atoms with Crippen LogP contribution in [0.15, 0.2) is 53.0 Å². The van der Waals surface area contributed by atoms with E-state index in [1.807, 2.05) is 18.2 Å². The first kappa shape index (κ1) is 19.3. The van der Waals surface area contributed by atoms with Gasteiger partial charge in [0.2, 0.25) is 5.91 Å². The third-order valence-electron chi connectivity index (χ3n) is 4.85. The molecule has 2 aromatic carbocycles. The third kappa shape index (κ3) is 3.41. The Balaban J connectivity index is 2.06. The predicted molar refractivity (Wildman–Crippen MR) is 108 cm³/mol. The second-order valence-electron chi connectivity index (χ2n) is 7.04. The molecule has 1 aliphatic heterocycles. The van der Waals surface area contributed by atoms with Gasteiger partial charge in [0.25, 0.3) is 5.91 Å². The number of halogens is 1. The smallest absolute Gasteiger partial charge is 0.257 e. The van der Waals surface area contributed by atoms with Crippen LogP contribution in [-0.4, -0.2) is 24.6 Å². The summed E-state index contributed by atoms with van der Waals surface area (Å²) in [7, 11) is 1.66. The molecule has 0 saturated heterocycles. The summed E-state index contributed by atoms with van der Waals surface area (Å²) < 4.78 is 0.865. The van der Waals surface area contributed by atoms with Crippen LogP contribution in [0.25, 0.3) is 0 Å². The summed E-state index contributed by atoms with van der Waals surface area (Å²) in [6.07, 6.45) is -0.132. The lowest BCUT2D eigenvalue weighted by molar-refractivity contribution is -0.133. The summed E-state index contributed by atoms with van der Waals surface area (Å²) in [5, 5.41) is 2.88. The Labute approximate surface area is 166 Å². The summed E-state index contributed by atoms with van der Waals surface area (Å²) in [6.45, 7) is 3.52. The highest BCUT2D eigenvalue weighted by molar-refractivity contribution is 9.10. The average molecular weight is 429 g/mol. The minimum absolute atomic E-state index is 0.132. The van der Waals surface area contributed by atoms with E-state index in [4.69, 9.17) is 0 Å². The van der Waals surface area contributed by atoms with E-state index in [0.29, 0.717) is 16.8 Å². The Bertz CT molecular complexity index is 908. The summed E-state index contributed by atoms with van der Waals surface area (Å²) in [5.41, 5.74) is 0.458. The van der Waals surface area contributed by atoms with Crippen molar-refractivity contribution in [1.29, 1.82) is 0 Å². The topological polar surface area (TPSA) is 66.5 Å². The molecule has 2 aromatic rings. The highest BCUT2D eigenvalue weighted by Gasteiger charge is 2.52. The number of anilines is 1. The highest BCUT2D eigenvalue weighted by atomic mass is 79.9. The molecule has 3 rings (SSSR count). The monoisotopic (exact) mass is 428 g/mol. The van der Waals surface area contributed by atoms with Gasteiger partial charge in [-0.2, -0.15) is 0 Å². The first-order chi connectivity index (χ1) is 12.8. The standard InChI is InChI=1S/C21H21BrN2O3/c1-13(2)19(26)23-21(12-18(25)14-8-10-15(22)11-9-14)16-6-4-5-7-17(16)24(3)20(21)27/h4-11,13H,12H2,1-3H3,(H,23,26). The van der Waals surface area contributed by atoms with Crippen LogP contribution in [0.4, 0.5) is 5.69 Å². The molecule has 1 aliphatic rings. The fourth-order valence-electron chi connectivity index (χ4n) is 3.31. The number of carbonyl (C=O) groups excluding carboxylic acids is 3. The van der Waals surface area contributed by atoms with E-state index in [1.165, 1.54) is 4.90 Å². The number of amides is 2. The second kappa shape index (κ2) is 7.27. The fraction of sp³-hybridized carbons (Fsp3) is 0.286. The number of likely N-dealkylation sites (N-methyl/N-ethyl adjacent to an activating group) is 1. The van der Waals surface area contributed by atoms with E-state index in [9.17, 15) is 14.4 Å². The van der Waals surface area contributed by atoms with E-state index in [0.717, 1.165) is 4.47 Å². The van der Waals surface area contributed by atoms with Gasteiger partial charge < -0.3 is 10.2 Å². The van der Waals surface area contributed by atoms with E-state index in [1.54, 1.807) is 51.2 Å². The maximum Gasteiger partial charge on any atom is 0.257 e. The summed E-state index contributed by atoms with van der Waals surface area (Å²) in [6, 6.07) is 14.2. The molecule has 2 amide bonds. The number of nitrogens with zero attached hydrogens (tertiary/aromatic N) is 1. The molecule has 0 radical (unpaired) electrons. The average Bonchev–Trinajstić information content (AvgIpc) is 2.85. The lowest BCUT2D eigenvalue weighted by atomic mass is 9.84. The molecule has 1 unspecified atom stereocenters. The van der Waals surface area contributed by atoms with Gasteiger partial charge in [0.05, 0.1) is 0 Å². The summed E-state index contributed by atoms with van der Waals surface area (Å²) >= 11 is 3.35. The summed E-state index contributed by atoms with van der Waals surface area (Å²) in [4.78, 5) is 40.2. The number of carbonyl (C=O) groups is 3. The molecular weight excluding hydrogens is 408 g/mol. The van der Waals surface area contributed by atoms with Crippen molar-refractivity contribution in [3.05, 3.63) is 64.1 Å². The van der Waals surface area contributed by atoms with Crippen molar-refractivity contribution in [2.24, 2.45) is 5.92 Å². The van der Waals surface area contributed by atoms with Crippen molar-refractivity contribution in [1.82, 2.24) is 5.32 Å². The number of benzene rings is 2. The van der Waals surface area contributed by atoms with Gasteiger partial charge in [0.15, 0.2) is 11.3 Å². The van der Waals surface area contributed by atoms with Crippen molar-refractivity contribution in [3.8, 4) is 0 Å². The van der Waals surface area contributed by atoms with Crippen molar-refractivity contribution >= 4 is 39.2 Å². The molecule has 140 valence electrons. The van der Waals surface area contributed by atoms with Crippen molar-refractivity contribution in [2.45, 2.75) is 25.8 Å². The van der Waals surface area contributed by atoms with Gasteiger partial charge in [0, 0.05) is 40.7 Å². The molecule has 1 heterocycles. The highest BCUT2D eigenvalue weighted by Crippen LogP contribution is 2.42. The number of para-hydroxylation sites is 1. The molecule has 0 saturated carbocycles. The number of rotatable bonds is 5. The number of ketones is 1. The lowest BCUT2D eigenvalue weighted by Crippen LogP contribution is -2.54. The Morgan fingerprint density at radius 1 is 1.11 bits per heavy atom. The maximum absolute atomic E-state index is 13.2. The van der Waals surface area contributed by atoms with Gasteiger partial charge in [-0.3, -0.25) is 14.4 Å². The molecule has 0 aromatic heterocycles. The zero-order chi connectivity index (χ0) is 19.8. The van der Waals surface area contributed by atoms with E-state index in [-0.39, 0.29) is 29.9 Å². The van der Waals surface area contributed by atoms with E-state index >= 15 is 0 Å². The van der Waals surface area contributed by atoms with Gasteiger partial charge in [-0.15, -0.1) is 0 Å². The van der Waals surface area contributed by atoms with Crippen LogP contribution in [0.3, 0.4) is 0 Å². The van der Waals surface area contributed by atoms with E-state index in [2.05, 4.69) is 21.2 Å². The molecule has 0 spiro atoms. The predicted octanol–water partition coefficient (Wildman–Crippen LogP) is 3.67. The Morgan fingerprint density at radius 2 is 1.74 bits per heavy atom. The van der Waals surface area contributed by atoms with Gasteiger partial charge >= 0.3 is 0 Å².